The molecule has 2 saturated heterocycles. The fourth-order valence-electron chi connectivity index (χ4n) is 2.17. The lowest BCUT2D eigenvalue weighted by Gasteiger charge is -2.33. The minimum Gasteiger partial charge on any atom is -0.447 e. The van der Waals surface area contributed by atoms with Crippen molar-refractivity contribution in [1.29, 1.82) is 0 Å². The van der Waals surface area contributed by atoms with Gasteiger partial charge in [0.25, 0.3) is 0 Å². The van der Waals surface area contributed by atoms with Crippen molar-refractivity contribution in [2.75, 3.05) is 13.2 Å². The van der Waals surface area contributed by atoms with Crippen LogP contribution in [0.2, 0.25) is 0 Å². The number of fused-ring (bicyclic) bond motifs is 1. The molecule has 0 unspecified atom stereocenters. The number of cyclic esters (lactones) is 1. The van der Waals surface area contributed by atoms with E-state index < -0.39 is 0 Å². The number of piperidine rings is 1. The Kier molecular flexibility index (Phi) is 2.63. The van der Waals surface area contributed by atoms with Crippen molar-refractivity contribution in [2.24, 2.45) is 0 Å². The SMILES string of the molecule is CC(C)O[C@H]1CCN2C(=O)OC[C@H]2C1. The van der Waals surface area contributed by atoms with Crippen LogP contribution in [-0.4, -0.2) is 42.4 Å². The monoisotopic (exact) mass is 199 g/mol. The van der Waals surface area contributed by atoms with E-state index in [1.54, 1.807) is 0 Å². The molecule has 2 aliphatic rings. The number of carbonyl (C=O) groups excluding carboxylic acids is 1. The van der Waals surface area contributed by atoms with Crippen LogP contribution in [0.5, 0.6) is 0 Å². The van der Waals surface area contributed by atoms with Crippen molar-refractivity contribution >= 4 is 6.09 Å². The van der Waals surface area contributed by atoms with Crippen LogP contribution < -0.4 is 0 Å². The Hall–Kier alpha value is -0.770. The van der Waals surface area contributed by atoms with E-state index in [1.165, 1.54) is 0 Å². The van der Waals surface area contributed by atoms with Crippen LogP contribution in [0.1, 0.15) is 26.7 Å². The molecule has 0 aromatic rings. The molecule has 2 heterocycles. The molecule has 0 radical (unpaired) electrons. The Labute approximate surface area is 84.2 Å². The highest BCUT2D eigenvalue weighted by Crippen LogP contribution is 2.25. The van der Waals surface area contributed by atoms with E-state index in [9.17, 15) is 4.79 Å². The lowest BCUT2D eigenvalue weighted by molar-refractivity contribution is -0.0301. The first-order chi connectivity index (χ1) is 6.66. The molecule has 2 rings (SSSR count). The Morgan fingerprint density at radius 1 is 1.57 bits per heavy atom. The third-order valence-corrected chi connectivity index (χ3v) is 2.77. The number of nitrogens with zero attached hydrogens (tertiary/aromatic N) is 1. The lowest BCUT2D eigenvalue weighted by Crippen LogP contribution is -2.44. The summed E-state index contributed by atoms with van der Waals surface area (Å²) in [5.74, 6) is 0. The average Bonchev–Trinajstić information content (AvgIpc) is 2.46. The first-order valence-corrected chi connectivity index (χ1v) is 5.25. The first kappa shape index (κ1) is 9.77. The van der Waals surface area contributed by atoms with Crippen LogP contribution in [-0.2, 0) is 9.47 Å². The highest BCUT2D eigenvalue weighted by Gasteiger charge is 2.38. The molecule has 0 aromatic heterocycles. The number of rotatable bonds is 2. The minimum absolute atomic E-state index is 0.155. The molecule has 4 heteroatoms. The van der Waals surface area contributed by atoms with Gasteiger partial charge in [-0.2, -0.15) is 0 Å². The van der Waals surface area contributed by atoms with E-state index >= 15 is 0 Å². The smallest absolute Gasteiger partial charge is 0.410 e. The summed E-state index contributed by atoms with van der Waals surface area (Å²) < 4.78 is 10.7. The molecule has 14 heavy (non-hydrogen) atoms. The molecular weight excluding hydrogens is 182 g/mol. The summed E-state index contributed by atoms with van der Waals surface area (Å²) in [5.41, 5.74) is 0. The molecular formula is C10H17NO3. The van der Waals surface area contributed by atoms with E-state index in [1.807, 2.05) is 18.7 Å². The first-order valence-electron chi connectivity index (χ1n) is 5.25. The van der Waals surface area contributed by atoms with E-state index in [0.717, 1.165) is 19.4 Å². The summed E-state index contributed by atoms with van der Waals surface area (Å²) in [7, 11) is 0. The number of hydrogen-bond donors (Lipinski definition) is 0. The molecule has 0 aromatic carbocycles. The number of carbonyl (C=O) groups is 1. The normalized spacial score (nSPS) is 31.9. The maximum Gasteiger partial charge on any atom is 0.410 e. The van der Waals surface area contributed by atoms with E-state index in [2.05, 4.69) is 0 Å². The second-order valence-electron chi connectivity index (χ2n) is 4.26. The molecule has 2 aliphatic heterocycles. The maximum absolute atomic E-state index is 11.2. The maximum atomic E-state index is 11.2. The summed E-state index contributed by atoms with van der Waals surface area (Å²) in [4.78, 5) is 13.0. The van der Waals surface area contributed by atoms with E-state index in [-0.39, 0.29) is 18.2 Å². The van der Waals surface area contributed by atoms with Gasteiger partial charge in [0.2, 0.25) is 0 Å². The zero-order valence-corrected chi connectivity index (χ0v) is 8.73. The Bertz CT molecular complexity index is 229. The van der Waals surface area contributed by atoms with Gasteiger partial charge in [-0.25, -0.2) is 4.79 Å². The average molecular weight is 199 g/mol. The molecule has 0 saturated carbocycles. The fourth-order valence-corrected chi connectivity index (χ4v) is 2.17. The topological polar surface area (TPSA) is 38.8 Å². The van der Waals surface area contributed by atoms with Gasteiger partial charge in [-0.3, -0.25) is 0 Å². The van der Waals surface area contributed by atoms with Crippen LogP contribution in [0.3, 0.4) is 0 Å². The van der Waals surface area contributed by atoms with Crippen molar-refractivity contribution in [3.05, 3.63) is 0 Å². The van der Waals surface area contributed by atoms with Gasteiger partial charge in [0.05, 0.1) is 18.2 Å². The minimum atomic E-state index is -0.155. The van der Waals surface area contributed by atoms with Crippen LogP contribution in [0.15, 0.2) is 0 Å². The highest BCUT2D eigenvalue weighted by molar-refractivity contribution is 5.70. The summed E-state index contributed by atoms with van der Waals surface area (Å²) in [5, 5.41) is 0. The predicted molar refractivity (Wildman–Crippen MR) is 51.1 cm³/mol. The fraction of sp³-hybridized carbons (Fsp3) is 0.900. The Balaban J connectivity index is 1.89. The Morgan fingerprint density at radius 3 is 3.07 bits per heavy atom. The van der Waals surface area contributed by atoms with Gasteiger partial charge < -0.3 is 14.4 Å². The molecule has 0 spiro atoms. The van der Waals surface area contributed by atoms with Crippen LogP contribution >= 0.6 is 0 Å². The highest BCUT2D eigenvalue weighted by atomic mass is 16.6. The summed E-state index contributed by atoms with van der Waals surface area (Å²) in [6, 6.07) is 0.250. The van der Waals surface area contributed by atoms with Crippen molar-refractivity contribution in [1.82, 2.24) is 4.90 Å². The molecule has 0 bridgehead atoms. The predicted octanol–water partition coefficient (Wildman–Crippen LogP) is 1.39. The van der Waals surface area contributed by atoms with Gasteiger partial charge in [-0.15, -0.1) is 0 Å². The molecule has 4 nitrogen and oxygen atoms in total. The van der Waals surface area contributed by atoms with Crippen LogP contribution in [0, 0.1) is 0 Å². The standard InChI is InChI=1S/C10H17NO3/c1-7(2)14-9-3-4-11-8(5-9)6-13-10(11)12/h7-9H,3-6H2,1-2H3/t8-,9+/m1/s1. The van der Waals surface area contributed by atoms with Crippen molar-refractivity contribution < 1.29 is 14.3 Å². The van der Waals surface area contributed by atoms with Gasteiger partial charge >= 0.3 is 6.09 Å². The molecule has 0 N–H and O–H groups in total. The van der Waals surface area contributed by atoms with Gasteiger partial charge in [0.1, 0.15) is 6.61 Å². The summed E-state index contributed by atoms with van der Waals surface area (Å²) >= 11 is 0. The zero-order chi connectivity index (χ0) is 10.1. The second-order valence-corrected chi connectivity index (χ2v) is 4.26. The second kappa shape index (κ2) is 3.77. The zero-order valence-electron chi connectivity index (χ0n) is 8.73. The summed E-state index contributed by atoms with van der Waals surface area (Å²) in [6.07, 6.45) is 2.27. The molecule has 2 atom stereocenters. The summed E-state index contributed by atoms with van der Waals surface area (Å²) in [6.45, 7) is 5.41. The largest absolute Gasteiger partial charge is 0.447 e. The van der Waals surface area contributed by atoms with E-state index in [4.69, 9.17) is 9.47 Å². The van der Waals surface area contributed by atoms with Crippen LogP contribution in [0.4, 0.5) is 4.79 Å². The van der Waals surface area contributed by atoms with Crippen LogP contribution in [0.25, 0.3) is 0 Å². The third-order valence-electron chi connectivity index (χ3n) is 2.77. The van der Waals surface area contributed by atoms with Crippen molar-refractivity contribution in [3.63, 3.8) is 0 Å². The van der Waals surface area contributed by atoms with Gasteiger partial charge in [0, 0.05) is 6.54 Å². The Morgan fingerprint density at radius 2 is 2.36 bits per heavy atom. The number of hydrogen-bond acceptors (Lipinski definition) is 3. The number of ether oxygens (including phenoxy) is 2. The quantitative estimate of drug-likeness (QED) is 0.674. The van der Waals surface area contributed by atoms with Crippen molar-refractivity contribution in [3.8, 4) is 0 Å². The third kappa shape index (κ3) is 1.85. The lowest BCUT2D eigenvalue weighted by atomic mass is 10.0. The van der Waals surface area contributed by atoms with Crippen molar-refractivity contribution in [2.45, 2.75) is 44.9 Å². The number of amides is 1. The molecule has 80 valence electrons. The van der Waals surface area contributed by atoms with Gasteiger partial charge in [0.15, 0.2) is 0 Å². The van der Waals surface area contributed by atoms with E-state index in [0.29, 0.717) is 12.7 Å². The molecule has 1 amide bonds. The van der Waals surface area contributed by atoms with Gasteiger partial charge in [-0.05, 0) is 26.7 Å². The van der Waals surface area contributed by atoms with Gasteiger partial charge in [-0.1, -0.05) is 0 Å². The molecule has 0 aliphatic carbocycles. The molecule has 2 fully saturated rings.